The van der Waals surface area contributed by atoms with Crippen LogP contribution in [0.25, 0.3) is 0 Å². The van der Waals surface area contributed by atoms with Crippen LogP contribution in [0.4, 0.5) is 10.7 Å². The van der Waals surface area contributed by atoms with Crippen LogP contribution in [0.15, 0.2) is 18.5 Å². The summed E-state index contributed by atoms with van der Waals surface area (Å²) < 4.78 is 5.24. The van der Waals surface area contributed by atoms with Gasteiger partial charge in [0.05, 0.1) is 0 Å². The van der Waals surface area contributed by atoms with E-state index in [0.29, 0.717) is 6.54 Å². The Hall–Kier alpha value is -1.85. The molecule has 20 heavy (non-hydrogen) atoms. The molecule has 1 atom stereocenters. The number of carbonyl (C=O) groups is 1. The van der Waals surface area contributed by atoms with Crippen LogP contribution in [0.2, 0.25) is 0 Å². The molecule has 1 aliphatic heterocycles. The number of amides is 1. The van der Waals surface area contributed by atoms with E-state index in [2.05, 4.69) is 20.2 Å². The molecular formula is C14H22N4O2. The number of nitrogens with zero attached hydrogens (tertiary/aromatic N) is 3. The Kier molecular flexibility index (Phi) is 4.42. The molecule has 0 saturated carbocycles. The van der Waals surface area contributed by atoms with Gasteiger partial charge in [0, 0.05) is 31.5 Å². The predicted molar refractivity (Wildman–Crippen MR) is 76.6 cm³/mol. The van der Waals surface area contributed by atoms with E-state index in [0.717, 1.165) is 25.3 Å². The zero-order valence-electron chi connectivity index (χ0n) is 12.3. The molecule has 0 bridgehead atoms. The molecule has 1 fully saturated rings. The molecule has 0 aromatic carbocycles. The normalized spacial score (nSPS) is 18.9. The Morgan fingerprint density at radius 2 is 2.15 bits per heavy atom. The molecule has 2 heterocycles. The van der Waals surface area contributed by atoms with Gasteiger partial charge in [-0.2, -0.15) is 0 Å². The molecule has 1 N–H and O–H groups in total. The van der Waals surface area contributed by atoms with Crippen LogP contribution in [0.5, 0.6) is 0 Å². The first-order valence-corrected chi connectivity index (χ1v) is 6.96. The highest BCUT2D eigenvalue weighted by Gasteiger charge is 2.27. The standard InChI is InChI=1S/C14H22N4O2/c1-14(2,3)20-13(19)17-10-11-6-4-9-18(11)12-15-7-5-8-16-12/h5,7-8,11H,4,6,9-10H2,1-3H3,(H,17,19). The summed E-state index contributed by atoms with van der Waals surface area (Å²) in [5, 5.41) is 2.82. The third-order valence-electron chi connectivity index (χ3n) is 3.07. The van der Waals surface area contributed by atoms with Crippen molar-refractivity contribution in [3.05, 3.63) is 18.5 Å². The van der Waals surface area contributed by atoms with E-state index in [-0.39, 0.29) is 12.1 Å². The van der Waals surface area contributed by atoms with E-state index in [1.165, 1.54) is 0 Å². The fourth-order valence-corrected chi connectivity index (χ4v) is 2.27. The lowest BCUT2D eigenvalue weighted by Gasteiger charge is -2.25. The molecule has 6 heteroatoms. The van der Waals surface area contributed by atoms with Crippen molar-refractivity contribution in [1.82, 2.24) is 15.3 Å². The Morgan fingerprint density at radius 1 is 1.45 bits per heavy atom. The van der Waals surface area contributed by atoms with Crippen LogP contribution in [-0.2, 0) is 4.74 Å². The van der Waals surface area contributed by atoms with E-state index in [4.69, 9.17) is 4.74 Å². The van der Waals surface area contributed by atoms with Gasteiger partial charge in [0.1, 0.15) is 5.60 Å². The second-order valence-corrected chi connectivity index (χ2v) is 5.92. The van der Waals surface area contributed by atoms with Crippen molar-refractivity contribution in [3.8, 4) is 0 Å². The fraction of sp³-hybridized carbons (Fsp3) is 0.643. The zero-order valence-corrected chi connectivity index (χ0v) is 12.3. The molecule has 0 aliphatic carbocycles. The summed E-state index contributed by atoms with van der Waals surface area (Å²) in [5.74, 6) is 0.723. The molecule has 110 valence electrons. The zero-order chi connectivity index (χ0) is 14.6. The first-order valence-electron chi connectivity index (χ1n) is 6.96. The predicted octanol–water partition coefficient (Wildman–Crippen LogP) is 1.97. The van der Waals surface area contributed by atoms with Crippen molar-refractivity contribution in [2.24, 2.45) is 0 Å². The van der Waals surface area contributed by atoms with Crippen LogP contribution < -0.4 is 10.2 Å². The van der Waals surface area contributed by atoms with Crippen molar-refractivity contribution in [3.63, 3.8) is 0 Å². The lowest BCUT2D eigenvalue weighted by Crippen LogP contribution is -2.42. The average molecular weight is 278 g/mol. The number of rotatable bonds is 3. The largest absolute Gasteiger partial charge is 0.444 e. The topological polar surface area (TPSA) is 67.3 Å². The summed E-state index contributed by atoms with van der Waals surface area (Å²) in [4.78, 5) is 22.3. The van der Waals surface area contributed by atoms with Gasteiger partial charge >= 0.3 is 6.09 Å². The van der Waals surface area contributed by atoms with Gasteiger partial charge in [-0.15, -0.1) is 0 Å². The maximum Gasteiger partial charge on any atom is 0.407 e. The molecular weight excluding hydrogens is 256 g/mol. The van der Waals surface area contributed by atoms with Crippen molar-refractivity contribution in [1.29, 1.82) is 0 Å². The van der Waals surface area contributed by atoms with Gasteiger partial charge in [-0.05, 0) is 39.7 Å². The van der Waals surface area contributed by atoms with Crippen LogP contribution >= 0.6 is 0 Å². The van der Waals surface area contributed by atoms with Crippen molar-refractivity contribution >= 4 is 12.0 Å². The monoisotopic (exact) mass is 278 g/mol. The minimum Gasteiger partial charge on any atom is -0.444 e. The summed E-state index contributed by atoms with van der Waals surface area (Å²) in [6.07, 6.45) is 5.20. The van der Waals surface area contributed by atoms with Crippen molar-refractivity contribution in [2.75, 3.05) is 18.0 Å². The first-order chi connectivity index (χ1) is 9.46. The Bertz CT molecular complexity index is 444. The smallest absolute Gasteiger partial charge is 0.407 e. The summed E-state index contributed by atoms with van der Waals surface area (Å²) in [5.41, 5.74) is -0.470. The highest BCUT2D eigenvalue weighted by atomic mass is 16.6. The van der Waals surface area contributed by atoms with E-state index in [1.807, 2.05) is 20.8 Å². The Morgan fingerprint density at radius 3 is 2.80 bits per heavy atom. The van der Waals surface area contributed by atoms with Gasteiger partial charge in [-0.3, -0.25) is 0 Å². The molecule has 1 amide bonds. The summed E-state index contributed by atoms with van der Waals surface area (Å²) in [7, 11) is 0. The van der Waals surface area contributed by atoms with E-state index in [9.17, 15) is 4.79 Å². The van der Waals surface area contributed by atoms with Gasteiger partial charge < -0.3 is 15.0 Å². The molecule has 6 nitrogen and oxygen atoms in total. The van der Waals surface area contributed by atoms with Gasteiger partial charge in [0.2, 0.25) is 5.95 Å². The van der Waals surface area contributed by atoms with E-state index < -0.39 is 5.60 Å². The first kappa shape index (κ1) is 14.6. The van der Waals surface area contributed by atoms with Crippen LogP contribution in [-0.4, -0.2) is 40.8 Å². The number of aromatic nitrogens is 2. The molecule has 1 saturated heterocycles. The van der Waals surface area contributed by atoms with Gasteiger partial charge in [-0.1, -0.05) is 0 Å². The lowest BCUT2D eigenvalue weighted by atomic mass is 10.2. The molecule has 1 aromatic heterocycles. The van der Waals surface area contributed by atoms with Crippen molar-refractivity contribution < 1.29 is 9.53 Å². The Balaban J connectivity index is 1.88. The minimum absolute atomic E-state index is 0.227. The van der Waals surface area contributed by atoms with Crippen LogP contribution in [0.1, 0.15) is 33.6 Å². The van der Waals surface area contributed by atoms with Gasteiger partial charge in [-0.25, -0.2) is 14.8 Å². The number of carbonyl (C=O) groups excluding carboxylic acids is 1. The molecule has 0 radical (unpaired) electrons. The Labute approximate surface area is 119 Å². The number of anilines is 1. The van der Waals surface area contributed by atoms with Crippen molar-refractivity contribution in [2.45, 2.75) is 45.3 Å². The van der Waals surface area contributed by atoms with Crippen LogP contribution in [0.3, 0.4) is 0 Å². The van der Waals surface area contributed by atoms with E-state index >= 15 is 0 Å². The quantitative estimate of drug-likeness (QED) is 0.915. The lowest BCUT2D eigenvalue weighted by molar-refractivity contribution is 0.0525. The highest BCUT2D eigenvalue weighted by molar-refractivity contribution is 5.67. The van der Waals surface area contributed by atoms with Crippen LogP contribution in [0, 0.1) is 0 Å². The number of nitrogens with one attached hydrogen (secondary N) is 1. The second kappa shape index (κ2) is 6.07. The number of ether oxygens (including phenoxy) is 1. The van der Waals surface area contributed by atoms with E-state index in [1.54, 1.807) is 18.5 Å². The molecule has 0 spiro atoms. The third kappa shape index (κ3) is 4.08. The van der Waals surface area contributed by atoms with Gasteiger partial charge in [0.25, 0.3) is 0 Å². The second-order valence-electron chi connectivity index (χ2n) is 5.92. The maximum atomic E-state index is 11.7. The van der Waals surface area contributed by atoms with Gasteiger partial charge in [0.15, 0.2) is 0 Å². The number of hydrogen-bond acceptors (Lipinski definition) is 5. The SMILES string of the molecule is CC(C)(C)OC(=O)NCC1CCCN1c1ncccn1. The summed E-state index contributed by atoms with van der Waals surface area (Å²) >= 11 is 0. The molecule has 1 aliphatic rings. The highest BCUT2D eigenvalue weighted by Crippen LogP contribution is 2.21. The summed E-state index contributed by atoms with van der Waals surface area (Å²) in [6.45, 7) is 7.03. The number of hydrogen-bond donors (Lipinski definition) is 1. The number of alkyl carbamates (subject to hydrolysis) is 1. The third-order valence-corrected chi connectivity index (χ3v) is 3.07. The molecule has 2 rings (SSSR count). The summed E-state index contributed by atoms with van der Waals surface area (Å²) in [6, 6.07) is 2.03. The molecule has 1 aromatic rings. The minimum atomic E-state index is -0.470. The average Bonchev–Trinajstić information content (AvgIpc) is 2.83. The molecule has 1 unspecified atom stereocenters. The maximum absolute atomic E-state index is 11.7. The fourth-order valence-electron chi connectivity index (χ4n) is 2.27.